The molecule has 0 aliphatic heterocycles. The smallest absolute Gasteiger partial charge is 0.244 e. The van der Waals surface area contributed by atoms with E-state index < -0.39 is 10.0 Å². The minimum Gasteiger partial charge on any atom is -0.495 e. The quantitative estimate of drug-likeness (QED) is 0.672. The van der Waals surface area contributed by atoms with E-state index in [1.165, 1.54) is 18.4 Å². The molecule has 0 radical (unpaired) electrons. The van der Waals surface area contributed by atoms with Crippen LogP contribution in [0.3, 0.4) is 0 Å². The van der Waals surface area contributed by atoms with Gasteiger partial charge >= 0.3 is 0 Å². The number of aromatic nitrogens is 2. The standard InChI is InChI=1S/C18H19N3O3S2/c1-13-6-7-16(24-2)17(11-13)26(22,23)20-10-8-14-12-25-18(21-14)15-5-3-4-9-19-15/h3-7,9,11-12,20H,8,10H2,1-2H3. The molecular weight excluding hydrogens is 370 g/mol. The van der Waals surface area contributed by atoms with Gasteiger partial charge in [0.15, 0.2) is 0 Å². The Hall–Kier alpha value is -2.29. The molecular formula is C18H19N3O3S2. The third kappa shape index (κ3) is 4.27. The van der Waals surface area contributed by atoms with Crippen LogP contribution in [0.4, 0.5) is 0 Å². The number of benzene rings is 1. The van der Waals surface area contributed by atoms with Crippen molar-refractivity contribution in [1.29, 1.82) is 0 Å². The second kappa shape index (κ2) is 7.94. The summed E-state index contributed by atoms with van der Waals surface area (Å²) in [6.07, 6.45) is 2.22. The number of ether oxygens (including phenoxy) is 1. The number of aryl methyl sites for hydroxylation is 1. The fourth-order valence-corrected chi connectivity index (χ4v) is 4.53. The summed E-state index contributed by atoms with van der Waals surface area (Å²) in [5.74, 6) is 0.328. The Kier molecular flexibility index (Phi) is 5.65. The van der Waals surface area contributed by atoms with Gasteiger partial charge in [0.05, 0.1) is 18.5 Å². The maximum atomic E-state index is 12.6. The Bertz CT molecular complexity index is 986. The number of nitrogens with one attached hydrogen (secondary N) is 1. The molecule has 6 nitrogen and oxygen atoms in total. The normalized spacial score (nSPS) is 11.5. The van der Waals surface area contributed by atoms with E-state index in [0.717, 1.165) is 22.0 Å². The largest absolute Gasteiger partial charge is 0.495 e. The number of methoxy groups -OCH3 is 1. The monoisotopic (exact) mass is 389 g/mol. The summed E-state index contributed by atoms with van der Waals surface area (Å²) in [6, 6.07) is 10.7. The fourth-order valence-electron chi connectivity index (χ4n) is 2.41. The highest BCUT2D eigenvalue weighted by Gasteiger charge is 2.19. The summed E-state index contributed by atoms with van der Waals surface area (Å²) in [7, 11) is -2.20. The highest BCUT2D eigenvalue weighted by Crippen LogP contribution is 2.25. The van der Waals surface area contributed by atoms with Crippen LogP contribution in [0, 0.1) is 6.92 Å². The van der Waals surface area contributed by atoms with Gasteiger partial charge < -0.3 is 4.74 Å². The Labute approximate surface area is 157 Å². The lowest BCUT2D eigenvalue weighted by Crippen LogP contribution is -2.26. The van der Waals surface area contributed by atoms with E-state index in [0.29, 0.717) is 12.2 Å². The van der Waals surface area contributed by atoms with Gasteiger partial charge in [-0.2, -0.15) is 0 Å². The number of thiazole rings is 1. The molecule has 2 aromatic heterocycles. The molecule has 136 valence electrons. The van der Waals surface area contributed by atoms with Crippen molar-refractivity contribution in [3.05, 3.63) is 59.2 Å². The molecule has 0 spiro atoms. The van der Waals surface area contributed by atoms with Gasteiger partial charge in [-0.15, -0.1) is 11.3 Å². The minimum atomic E-state index is -3.65. The molecule has 1 aromatic carbocycles. The van der Waals surface area contributed by atoms with E-state index in [4.69, 9.17) is 4.74 Å². The van der Waals surface area contributed by atoms with Crippen molar-refractivity contribution < 1.29 is 13.2 Å². The Morgan fingerprint density at radius 2 is 2.08 bits per heavy atom. The van der Waals surface area contributed by atoms with E-state index in [1.54, 1.807) is 18.3 Å². The van der Waals surface area contributed by atoms with Crippen molar-refractivity contribution in [2.75, 3.05) is 13.7 Å². The lowest BCUT2D eigenvalue weighted by molar-refractivity contribution is 0.402. The average Bonchev–Trinajstić information content (AvgIpc) is 3.11. The maximum absolute atomic E-state index is 12.6. The average molecular weight is 390 g/mol. The van der Waals surface area contributed by atoms with Gasteiger partial charge in [-0.05, 0) is 36.8 Å². The molecule has 3 aromatic rings. The van der Waals surface area contributed by atoms with Crippen LogP contribution in [0.25, 0.3) is 10.7 Å². The summed E-state index contributed by atoms with van der Waals surface area (Å²) in [5, 5.41) is 2.75. The first-order valence-corrected chi connectivity index (χ1v) is 10.4. The van der Waals surface area contributed by atoms with Crippen molar-refractivity contribution in [3.63, 3.8) is 0 Å². The van der Waals surface area contributed by atoms with Crippen LogP contribution < -0.4 is 9.46 Å². The van der Waals surface area contributed by atoms with E-state index >= 15 is 0 Å². The molecule has 0 amide bonds. The maximum Gasteiger partial charge on any atom is 0.244 e. The first kappa shape index (κ1) is 18.5. The molecule has 0 unspecified atom stereocenters. The van der Waals surface area contributed by atoms with Gasteiger partial charge in [0, 0.05) is 24.5 Å². The lowest BCUT2D eigenvalue weighted by atomic mass is 10.2. The van der Waals surface area contributed by atoms with Crippen LogP contribution in [0.2, 0.25) is 0 Å². The number of pyridine rings is 1. The molecule has 3 rings (SSSR count). The summed E-state index contributed by atoms with van der Waals surface area (Å²) in [5.41, 5.74) is 2.49. The summed E-state index contributed by atoms with van der Waals surface area (Å²) < 4.78 is 32.9. The first-order chi connectivity index (χ1) is 12.5. The highest BCUT2D eigenvalue weighted by atomic mass is 32.2. The Balaban J connectivity index is 1.66. The third-order valence-electron chi connectivity index (χ3n) is 3.72. The number of nitrogens with zero attached hydrogens (tertiary/aromatic N) is 2. The molecule has 1 N–H and O–H groups in total. The Morgan fingerprint density at radius 1 is 1.23 bits per heavy atom. The van der Waals surface area contributed by atoms with Crippen LogP contribution in [0.5, 0.6) is 5.75 Å². The van der Waals surface area contributed by atoms with E-state index in [9.17, 15) is 8.42 Å². The molecule has 8 heteroatoms. The number of hydrogen-bond donors (Lipinski definition) is 1. The SMILES string of the molecule is COc1ccc(C)cc1S(=O)(=O)NCCc1csc(-c2ccccn2)n1. The van der Waals surface area contributed by atoms with Crippen molar-refractivity contribution in [3.8, 4) is 16.5 Å². The molecule has 0 saturated heterocycles. The van der Waals surface area contributed by atoms with E-state index in [1.807, 2.05) is 36.6 Å². The number of rotatable bonds is 7. The summed E-state index contributed by atoms with van der Waals surface area (Å²) in [4.78, 5) is 8.93. The first-order valence-electron chi connectivity index (χ1n) is 8.00. The molecule has 0 aliphatic rings. The van der Waals surface area contributed by atoms with Gasteiger partial charge in [0.2, 0.25) is 10.0 Å². The second-order valence-corrected chi connectivity index (χ2v) is 8.25. The number of sulfonamides is 1. The molecule has 0 saturated carbocycles. The summed E-state index contributed by atoms with van der Waals surface area (Å²) >= 11 is 1.49. The zero-order valence-electron chi connectivity index (χ0n) is 14.5. The Morgan fingerprint density at radius 3 is 2.81 bits per heavy atom. The zero-order valence-corrected chi connectivity index (χ0v) is 16.1. The topological polar surface area (TPSA) is 81.2 Å². The minimum absolute atomic E-state index is 0.146. The van der Waals surface area contributed by atoms with Crippen molar-refractivity contribution in [1.82, 2.24) is 14.7 Å². The van der Waals surface area contributed by atoms with Crippen molar-refractivity contribution in [2.24, 2.45) is 0 Å². The van der Waals surface area contributed by atoms with Gasteiger partial charge in [0.1, 0.15) is 15.7 Å². The predicted molar refractivity (Wildman–Crippen MR) is 102 cm³/mol. The molecule has 0 fully saturated rings. The van der Waals surface area contributed by atoms with Crippen LogP contribution >= 0.6 is 11.3 Å². The molecule has 0 atom stereocenters. The van der Waals surface area contributed by atoms with Crippen LogP contribution in [-0.2, 0) is 16.4 Å². The molecule has 0 aliphatic carbocycles. The summed E-state index contributed by atoms with van der Waals surface area (Å²) in [6.45, 7) is 2.09. The fraction of sp³-hybridized carbons (Fsp3) is 0.222. The van der Waals surface area contributed by atoms with Gasteiger partial charge in [-0.3, -0.25) is 4.98 Å². The molecule has 2 heterocycles. The predicted octanol–water partition coefficient (Wildman–Crippen LogP) is 3.04. The van der Waals surface area contributed by atoms with Gasteiger partial charge in [-0.1, -0.05) is 12.1 Å². The zero-order chi connectivity index (χ0) is 18.6. The highest BCUT2D eigenvalue weighted by molar-refractivity contribution is 7.89. The number of hydrogen-bond acceptors (Lipinski definition) is 6. The lowest BCUT2D eigenvalue weighted by Gasteiger charge is -2.11. The van der Waals surface area contributed by atoms with Crippen LogP contribution in [0.1, 0.15) is 11.3 Å². The van der Waals surface area contributed by atoms with Crippen LogP contribution in [-0.4, -0.2) is 32.0 Å². The van der Waals surface area contributed by atoms with Crippen molar-refractivity contribution >= 4 is 21.4 Å². The third-order valence-corrected chi connectivity index (χ3v) is 6.11. The van der Waals surface area contributed by atoms with E-state index in [-0.39, 0.29) is 11.4 Å². The second-order valence-electron chi connectivity index (χ2n) is 5.66. The van der Waals surface area contributed by atoms with E-state index in [2.05, 4.69) is 14.7 Å². The van der Waals surface area contributed by atoms with Crippen LogP contribution in [0.15, 0.2) is 52.9 Å². The van der Waals surface area contributed by atoms with Gasteiger partial charge in [0.25, 0.3) is 0 Å². The molecule has 26 heavy (non-hydrogen) atoms. The molecule has 0 bridgehead atoms. The van der Waals surface area contributed by atoms with Crippen molar-refractivity contribution in [2.45, 2.75) is 18.2 Å². The van der Waals surface area contributed by atoms with Gasteiger partial charge in [-0.25, -0.2) is 18.1 Å².